The van der Waals surface area contributed by atoms with E-state index in [4.69, 9.17) is 18.3 Å². The van der Waals surface area contributed by atoms with Gasteiger partial charge in [0.2, 0.25) is 0 Å². The average molecular weight is 1000 g/mol. The van der Waals surface area contributed by atoms with Gasteiger partial charge in [-0.1, -0.05) is 0 Å². The smallest absolute Gasteiger partial charge is 0.716 e. The van der Waals surface area contributed by atoms with E-state index in [1.807, 2.05) is 0 Å². The molecule has 316 valence electrons. The summed E-state index contributed by atoms with van der Waals surface area (Å²) in [6, 6.07) is 15.1. The Labute approximate surface area is 450 Å². The Morgan fingerprint density at radius 2 is 0.734 bits per heavy atom. The molecule has 0 saturated carbocycles. The maximum absolute atomic E-state index is 13.3. The molecule has 22 nitrogen and oxygen atoms in total. The first-order valence-corrected chi connectivity index (χ1v) is 21.3. The molecule has 0 aliphatic rings. The molecule has 0 saturated heterocycles. The Hall–Kier alpha value is -2.52. The molecule has 64 heavy (non-hydrogen) atoms. The second-order valence-electron chi connectivity index (χ2n) is 11.6. The van der Waals surface area contributed by atoms with Crippen LogP contribution in [0, 0.1) is 0 Å². The van der Waals surface area contributed by atoms with Crippen molar-refractivity contribution >= 4 is 63.5 Å². The molecule has 0 bridgehead atoms. The van der Waals surface area contributed by atoms with Gasteiger partial charge < -0.3 is 53.3 Å². The number of rotatable bonds is 16. The maximum Gasteiger partial charge on any atom is 1.00 e. The van der Waals surface area contributed by atoms with Crippen LogP contribution in [0.4, 0.5) is 0 Å². The molecule has 2 aromatic heterocycles. The zero-order valence-corrected chi connectivity index (χ0v) is 44.5. The summed E-state index contributed by atoms with van der Waals surface area (Å²) in [4.78, 5) is 26.5. The maximum atomic E-state index is 13.3. The van der Waals surface area contributed by atoms with Crippen molar-refractivity contribution in [1.82, 2.24) is 0 Å². The molecule has 0 atom stereocenters. The monoisotopic (exact) mass is 1000 g/mol. The van der Waals surface area contributed by atoms with E-state index >= 15 is 0 Å². The van der Waals surface area contributed by atoms with E-state index in [0.717, 1.165) is 60.7 Å². The van der Waals surface area contributed by atoms with Gasteiger partial charge in [-0.25, -0.2) is 33.7 Å². The minimum absolute atomic E-state index is 0. The van der Waals surface area contributed by atoms with Gasteiger partial charge in [-0.3, -0.25) is 9.59 Å². The Kier molecular flexibility index (Phi) is 21.1. The average Bonchev–Trinajstić information content (AvgIpc) is 3.10. The van der Waals surface area contributed by atoms with Crippen molar-refractivity contribution in [3.05, 3.63) is 118 Å². The van der Waals surface area contributed by atoms with Crippen LogP contribution in [0.15, 0.2) is 116 Å². The van der Waals surface area contributed by atoms with Crippen LogP contribution in [-0.2, 0) is 41.6 Å². The van der Waals surface area contributed by atoms with Crippen LogP contribution in [0.3, 0.4) is 0 Å². The van der Waals surface area contributed by atoms with E-state index in [-0.39, 0.29) is 199 Å². The predicted octanol–water partition coefficient (Wildman–Crippen LogP) is -9.38. The largest absolute Gasteiger partial charge is 1.00 e. The van der Waals surface area contributed by atoms with Crippen molar-refractivity contribution in [1.29, 1.82) is 0 Å². The second kappa shape index (κ2) is 23.5. The first-order chi connectivity index (χ1) is 28.0. The molecule has 0 N–H and O–H groups in total. The molecular weight excluding hydrogens is 981 g/mol. The van der Waals surface area contributed by atoms with Gasteiger partial charge in [-0.15, -0.1) is 0 Å². The molecule has 0 amide bonds. The molecule has 0 radical (unpaired) electrons. The zero-order chi connectivity index (χ0) is 43.6. The van der Waals surface area contributed by atoms with Gasteiger partial charge in [-0.2, -0.15) is 0 Å². The third-order valence-electron chi connectivity index (χ3n) is 7.44. The predicted molar refractivity (Wildman–Crippen MR) is 197 cm³/mol. The van der Waals surface area contributed by atoms with E-state index < -0.39 is 64.0 Å². The number of benzene rings is 4. The molecule has 0 spiro atoms. The van der Waals surface area contributed by atoms with Crippen LogP contribution in [0.1, 0.15) is 0 Å². The Balaban J connectivity index is 0.00000352. The van der Waals surface area contributed by atoms with Crippen LogP contribution >= 0.6 is 0 Å². The van der Waals surface area contributed by atoms with Crippen LogP contribution in [0.5, 0.6) is 34.5 Å². The van der Waals surface area contributed by atoms with Gasteiger partial charge in [0.25, 0.3) is 41.6 Å². The minimum Gasteiger partial charge on any atom is -0.716 e. The molecule has 6 rings (SSSR count). The van der Waals surface area contributed by atoms with E-state index in [9.17, 15) is 61.5 Å². The molecule has 0 aliphatic carbocycles. The second-order valence-corrected chi connectivity index (χ2v) is 15.6. The summed E-state index contributed by atoms with van der Waals surface area (Å²) in [5, 5.41) is -0.474. The zero-order valence-electron chi connectivity index (χ0n) is 33.3. The molecule has 0 aliphatic heterocycles. The number of ether oxygens (including phenoxy) is 2. The minimum atomic E-state index is -5.33. The summed E-state index contributed by atoms with van der Waals surface area (Å²) >= 11 is 0. The summed E-state index contributed by atoms with van der Waals surface area (Å²) in [7, 11) is -20.8. The SMILES string of the molecule is O=c1cc(-c2ccc(OS(=O)(=O)[O-])cc2)oc2cc(OS(=O)(=O)[O-])cc(OC/C=C/COc3cc(OS(=O)(=O)[O-])cc4oc(-c5ccc(OS(=O)(=O)[O-])cc5)cc(=O)c34)c12.[Na+].[Na+].[Na+].[Na+]. The molecule has 30 heteroatoms. The van der Waals surface area contributed by atoms with Crippen LogP contribution in [0.2, 0.25) is 0 Å². The van der Waals surface area contributed by atoms with E-state index in [1.54, 1.807) is 0 Å². The fourth-order valence-electron chi connectivity index (χ4n) is 5.30. The van der Waals surface area contributed by atoms with Gasteiger partial charge in [-0.05, 0) is 60.7 Å². The topological polar surface area (TPSA) is 345 Å². The standard InChI is InChI=1S/C34H24O22S4.4Na/c35-25-17-27(19-3-7-21(8-4-19)53-57(37,38)39)51-31-15-23(55-59(43,44)45)13-29(33(25)31)49-11-1-2-12-50-30-14-24(56-60(46,47)48)16-32-34(30)26(36)18-28(52-32)20-5-9-22(10-6-20)54-58(40,41)42;;;;/h1-10,13-18H,11-12H2,(H,37,38,39)(H,40,41,42)(H,43,44,45)(H,46,47,48);;;;/q;4*+1/p-4/b2-1+;;;;. The first kappa shape index (κ1) is 57.6. The summed E-state index contributed by atoms with van der Waals surface area (Å²) in [5.74, 6) is -2.80. The fourth-order valence-corrected chi connectivity index (χ4v) is 6.66. The summed E-state index contributed by atoms with van der Waals surface area (Å²) < 4.78 is 174. The van der Waals surface area contributed by atoms with Gasteiger partial charge in [0, 0.05) is 47.5 Å². The Morgan fingerprint density at radius 3 is 1.03 bits per heavy atom. The van der Waals surface area contributed by atoms with Crippen molar-refractivity contribution < 1.29 is 205 Å². The van der Waals surface area contributed by atoms with Crippen LogP contribution in [-0.4, -0.2) is 65.1 Å². The third kappa shape index (κ3) is 16.7. The molecule has 2 heterocycles. The number of hydrogen-bond acceptors (Lipinski definition) is 22. The Morgan fingerprint density at radius 1 is 0.438 bits per heavy atom. The molecule has 6 aromatic rings. The number of fused-ring (bicyclic) bond motifs is 2. The fraction of sp³-hybridized carbons (Fsp3) is 0.0588. The van der Waals surface area contributed by atoms with Crippen LogP contribution in [0.25, 0.3) is 44.6 Å². The van der Waals surface area contributed by atoms with E-state index in [2.05, 4.69) is 16.7 Å². The van der Waals surface area contributed by atoms with Crippen molar-refractivity contribution in [2.75, 3.05) is 13.2 Å². The van der Waals surface area contributed by atoms with Crippen molar-refractivity contribution in [2.24, 2.45) is 0 Å². The number of hydrogen-bond donors (Lipinski definition) is 0. The quantitative estimate of drug-likeness (QED) is 0.0376. The van der Waals surface area contributed by atoms with Gasteiger partial charge >= 0.3 is 118 Å². The molecule has 4 aromatic carbocycles. The third-order valence-corrected chi connectivity index (χ3v) is 9.03. The first-order valence-electron chi connectivity index (χ1n) is 16.0. The van der Waals surface area contributed by atoms with Crippen molar-refractivity contribution in [3.63, 3.8) is 0 Å². The molecular formula is C34H20Na4O22S4. The normalized spacial score (nSPS) is 11.6. The van der Waals surface area contributed by atoms with E-state index in [1.165, 1.54) is 36.4 Å². The molecule has 0 unspecified atom stereocenters. The van der Waals surface area contributed by atoms with Gasteiger partial charge in [0.15, 0.2) is 10.9 Å². The Bertz CT molecular complexity index is 3030. The summed E-state index contributed by atoms with van der Waals surface area (Å²) in [6.07, 6.45) is 2.64. The van der Waals surface area contributed by atoms with Crippen molar-refractivity contribution in [2.45, 2.75) is 0 Å². The summed E-state index contributed by atoms with van der Waals surface area (Å²) in [5.41, 5.74) is -1.75. The molecule has 0 fully saturated rings. The van der Waals surface area contributed by atoms with Gasteiger partial charge in [0.1, 0.15) is 81.2 Å². The van der Waals surface area contributed by atoms with Crippen LogP contribution < -0.4 is 155 Å². The van der Waals surface area contributed by atoms with E-state index in [0.29, 0.717) is 0 Å². The van der Waals surface area contributed by atoms with Crippen molar-refractivity contribution in [3.8, 4) is 57.1 Å². The summed E-state index contributed by atoms with van der Waals surface area (Å²) in [6.45, 7) is -0.739. The van der Waals surface area contributed by atoms with Gasteiger partial charge in [0.05, 0.1) is 0 Å².